The van der Waals surface area contributed by atoms with Crippen molar-refractivity contribution in [3.63, 3.8) is 0 Å². The van der Waals surface area contributed by atoms with E-state index in [1.807, 2.05) is 4.90 Å². The molecule has 0 spiro atoms. The molecule has 0 bridgehead atoms. The molecule has 15 heteroatoms. The summed E-state index contributed by atoms with van der Waals surface area (Å²) in [6.45, 7) is 6.92. The minimum absolute atomic E-state index is 0.00921. The second-order valence-electron chi connectivity index (χ2n) is 11.5. The van der Waals surface area contributed by atoms with Gasteiger partial charge in [-0.05, 0) is 44.9 Å². The minimum atomic E-state index is -4.51. The number of anilines is 3. The Hall–Kier alpha value is -3.40. The van der Waals surface area contributed by atoms with Crippen LogP contribution in [0.4, 0.5) is 34.3 Å². The Morgan fingerprint density at radius 3 is 2.69 bits per heavy atom. The number of likely N-dealkylation sites (tertiary alicyclic amines) is 1. The molecule has 244 valence electrons. The number of piperazine rings is 1. The number of hydrogen-bond acceptors (Lipinski definition) is 10. The summed E-state index contributed by atoms with van der Waals surface area (Å²) < 4.78 is 62.6. The molecule has 0 amide bonds. The van der Waals surface area contributed by atoms with Crippen molar-refractivity contribution in [2.45, 2.75) is 57.9 Å². The van der Waals surface area contributed by atoms with Gasteiger partial charge in [-0.15, -0.1) is 0 Å². The minimum Gasteiger partial charge on any atom is -0.481 e. The summed E-state index contributed by atoms with van der Waals surface area (Å²) in [4.78, 5) is 30.9. The number of halogens is 4. The number of aryl methyl sites for hydroxylation is 1. The number of carboxylic acids is 1. The standard InChI is InChI=1S/C30H37F4N7O3S/c1-18-6-7-20(13-22(18)30(32,33)34)26-23(15-40-9-4-5-19(40)2)45-29(37-26)38-27-25(31)28(36-17-35-27)41-12-11-39(10-8-24(42)43)21(14-41)16-44-3/h6-7,13,17,19,21H,4-5,8-12,14-16H2,1-3H3,(H,42,43)(H,35,36,37,38)/t19-,21-/m1/s1. The summed E-state index contributed by atoms with van der Waals surface area (Å²) >= 11 is 1.26. The van der Waals surface area contributed by atoms with Crippen LogP contribution in [0.1, 0.15) is 42.2 Å². The van der Waals surface area contributed by atoms with Gasteiger partial charge in [0.15, 0.2) is 16.8 Å². The van der Waals surface area contributed by atoms with Crippen LogP contribution in [0, 0.1) is 12.7 Å². The molecule has 3 aromatic rings. The average Bonchev–Trinajstić information content (AvgIpc) is 3.58. The Labute approximate surface area is 263 Å². The predicted octanol–water partition coefficient (Wildman–Crippen LogP) is 5.41. The van der Waals surface area contributed by atoms with Crippen molar-refractivity contribution in [2.24, 2.45) is 0 Å². The maximum atomic E-state index is 15.9. The van der Waals surface area contributed by atoms with E-state index in [0.717, 1.165) is 30.3 Å². The van der Waals surface area contributed by atoms with Gasteiger partial charge in [-0.2, -0.15) is 17.6 Å². The van der Waals surface area contributed by atoms with Gasteiger partial charge < -0.3 is 20.1 Å². The number of rotatable bonds is 11. The molecule has 5 rings (SSSR count). The van der Waals surface area contributed by atoms with Crippen LogP contribution in [0.3, 0.4) is 0 Å². The number of aliphatic carboxylic acids is 1. The quantitative estimate of drug-likeness (QED) is 0.262. The van der Waals surface area contributed by atoms with Gasteiger partial charge in [-0.1, -0.05) is 23.5 Å². The summed E-state index contributed by atoms with van der Waals surface area (Å²) in [6, 6.07) is 4.37. The molecule has 2 aliphatic heterocycles. The first-order valence-electron chi connectivity index (χ1n) is 14.8. The monoisotopic (exact) mass is 651 g/mol. The van der Waals surface area contributed by atoms with E-state index in [4.69, 9.17) is 9.84 Å². The van der Waals surface area contributed by atoms with E-state index < -0.39 is 23.5 Å². The number of hydrogen-bond donors (Lipinski definition) is 2. The number of benzene rings is 1. The second-order valence-corrected chi connectivity index (χ2v) is 12.6. The number of methoxy groups -OCH3 is 1. The summed E-state index contributed by atoms with van der Waals surface area (Å²) in [5, 5.41) is 12.4. The highest BCUT2D eigenvalue weighted by Gasteiger charge is 2.34. The highest BCUT2D eigenvalue weighted by molar-refractivity contribution is 7.16. The maximum Gasteiger partial charge on any atom is 0.416 e. The van der Waals surface area contributed by atoms with Gasteiger partial charge in [0.1, 0.15) is 6.33 Å². The number of nitrogens with one attached hydrogen (secondary N) is 1. The molecule has 45 heavy (non-hydrogen) atoms. The van der Waals surface area contributed by atoms with Crippen molar-refractivity contribution < 1.29 is 32.2 Å². The number of carbonyl (C=O) groups is 1. The second kappa shape index (κ2) is 13.9. The fraction of sp³-hybridized carbons (Fsp3) is 0.533. The lowest BCUT2D eigenvalue weighted by molar-refractivity contribution is -0.138. The number of alkyl halides is 3. The first-order chi connectivity index (χ1) is 21.4. The van der Waals surface area contributed by atoms with Crippen LogP contribution >= 0.6 is 11.3 Å². The molecule has 0 aliphatic carbocycles. The summed E-state index contributed by atoms with van der Waals surface area (Å²) in [7, 11) is 1.56. The molecule has 4 heterocycles. The predicted molar refractivity (Wildman–Crippen MR) is 163 cm³/mol. The third-order valence-corrected chi connectivity index (χ3v) is 9.38. The Morgan fingerprint density at radius 1 is 1.20 bits per heavy atom. The van der Waals surface area contributed by atoms with E-state index >= 15 is 4.39 Å². The zero-order valence-corrected chi connectivity index (χ0v) is 26.2. The zero-order chi connectivity index (χ0) is 32.3. The van der Waals surface area contributed by atoms with Gasteiger partial charge in [0.25, 0.3) is 0 Å². The summed E-state index contributed by atoms with van der Waals surface area (Å²) in [5.41, 5.74) is 0.166. The Balaban J connectivity index is 1.42. The van der Waals surface area contributed by atoms with Crippen LogP contribution in [0.5, 0.6) is 0 Å². The highest BCUT2D eigenvalue weighted by atomic mass is 32.1. The van der Waals surface area contributed by atoms with Gasteiger partial charge in [0, 0.05) is 56.3 Å². The van der Waals surface area contributed by atoms with E-state index in [2.05, 4.69) is 32.1 Å². The molecular formula is C30H37F4N7O3S. The SMILES string of the molecule is COC[C@H]1CN(c2ncnc(Nc3nc(-c4ccc(C)c(C(F)(F)F)c4)c(CN4CCC[C@H]4C)s3)c2F)CCN1CCC(=O)O. The normalized spacial score (nSPS) is 19.8. The zero-order valence-electron chi connectivity index (χ0n) is 25.4. The number of carboxylic acid groups (broad SMARTS) is 1. The van der Waals surface area contributed by atoms with Crippen molar-refractivity contribution in [3.05, 3.63) is 46.3 Å². The van der Waals surface area contributed by atoms with E-state index in [9.17, 15) is 18.0 Å². The van der Waals surface area contributed by atoms with E-state index in [1.165, 1.54) is 30.7 Å². The largest absolute Gasteiger partial charge is 0.481 e. The van der Waals surface area contributed by atoms with Gasteiger partial charge in [0.05, 0.1) is 30.3 Å². The van der Waals surface area contributed by atoms with Crippen molar-refractivity contribution >= 4 is 34.1 Å². The molecule has 2 aromatic heterocycles. The number of thiazole rings is 1. The lowest BCUT2D eigenvalue weighted by Gasteiger charge is -2.41. The van der Waals surface area contributed by atoms with Crippen LogP contribution in [0.25, 0.3) is 11.3 Å². The number of ether oxygens (including phenoxy) is 1. The maximum absolute atomic E-state index is 15.9. The van der Waals surface area contributed by atoms with Gasteiger partial charge in [0.2, 0.25) is 5.82 Å². The van der Waals surface area contributed by atoms with Gasteiger partial charge in [-0.3, -0.25) is 14.6 Å². The van der Waals surface area contributed by atoms with E-state index in [-0.39, 0.29) is 29.7 Å². The fourth-order valence-electron chi connectivity index (χ4n) is 5.96. The smallest absolute Gasteiger partial charge is 0.416 e. The molecule has 2 saturated heterocycles. The first-order valence-corrected chi connectivity index (χ1v) is 15.7. The fourth-order valence-corrected chi connectivity index (χ4v) is 6.97. The molecule has 2 fully saturated rings. The Bertz CT molecular complexity index is 1500. The first kappa shape index (κ1) is 33.0. The van der Waals surface area contributed by atoms with Crippen molar-refractivity contribution in [1.82, 2.24) is 24.8 Å². The summed E-state index contributed by atoms with van der Waals surface area (Å²) in [6.07, 6.45) is -1.19. The van der Waals surface area contributed by atoms with Gasteiger partial charge >= 0.3 is 12.1 Å². The molecular weight excluding hydrogens is 614 g/mol. The number of aromatic nitrogens is 3. The molecule has 2 N–H and O–H groups in total. The van der Waals surface area contributed by atoms with Crippen LogP contribution in [0.2, 0.25) is 0 Å². The van der Waals surface area contributed by atoms with Crippen molar-refractivity contribution in [3.8, 4) is 11.3 Å². The van der Waals surface area contributed by atoms with Gasteiger partial charge in [-0.25, -0.2) is 15.0 Å². The van der Waals surface area contributed by atoms with E-state index in [0.29, 0.717) is 61.8 Å². The van der Waals surface area contributed by atoms with Crippen LogP contribution < -0.4 is 10.2 Å². The van der Waals surface area contributed by atoms with E-state index in [1.54, 1.807) is 18.1 Å². The average molecular weight is 652 g/mol. The third-order valence-electron chi connectivity index (χ3n) is 8.42. The molecule has 0 unspecified atom stereocenters. The van der Waals surface area contributed by atoms with Crippen LogP contribution in [0.15, 0.2) is 24.5 Å². The number of nitrogens with zero attached hydrogens (tertiary/aromatic N) is 6. The lowest BCUT2D eigenvalue weighted by atomic mass is 10.0. The Morgan fingerprint density at radius 2 is 2.00 bits per heavy atom. The molecule has 0 saturated carbocycles. The Kier molecular flexibility index (Phi) is 10.2. The highest BCUT2D eigenvalue weighted by Crippen LogP contribution is 2.39. The van der Waals surface area contributed by atoms with Crippen molar-refractivity contribution in [2.75, 3.05) is 56.7 Å². The lowest BCUT2D eigenvalue weighted by Crippen LogP contribution is -2.55. The molecule has 0 radical (unpaired) electrons. The van der Waals surface area contributed by atoms with Crippen molar-refractivity contribution in [1.29, 1.82) is 0 Å². The summed E-state index contributed by atoms with van der Waals surface area (Å²) in [5.74, 6) is -1.59. The molecule has 1 aromatic carbocycles. The molecule has 10 nitrogen and oxygen atoms in total. The topological polar surface area (TPSA) is 107 Å². The van der Waals surface area contributed by atoms with Crippen LogP contribution in [-0.4, -0.2) is 94.4 Å². The molecule has 2 atom stereocenters. The third kappa shape index (κ3) is 7.71. The van der Waals surface area contributed by atoms with Crippen LogP contribution in [-0.2, 0) is 22.3 Å². The molecule has 2 aliphatic rings.